The van der Waals surface area contributed by atoms with Gasteiger partial charge in [0, 0.05) is 6.54 Å². The highest BCUT2D eigenvalue weighted by Gasteiger charge is 2.21. The van der Waals surface area contributed by atoms with E-state index < -0.39 is 15.9 Å². The van der Waals surface area contributed by atoms with Crippen molar-refractivity contribution < 1.29 is 22.3 Å². The zero-order chi connectivity index (χ0) is 24.0. The number of hydrogen-bond donors (Lipinski definition) is 1. The van der Waals surface area contributed by atoms with Crippen LogP contribution in [-0.2, 0) is 28.0 Å². The molecule has 33 heavy (non-hydrogen) atoms. The van der Waals surface area contributed by atoms with Crippen LogP contribution in [0.3, 0.4) is 0 Å². The minimum absolute atomic E-state index is 0.252. The minimum atomic E-state index is -3.63. The summed E-state index contributed by atoms with van der Waals surface area (Å²) in [4.78, 5) is 12.5. The van der Waals surface area contributed by atoms with E-state index in [-0.39, 0.29) is 18.9 Å². The molecule has 0 spiro atoms. The maximum absolute atomic E-state index is 13.0. The van der Waals surface area contributed by atoms with Gasteiger partial charge in [-0.2, -0.15) is 0 Å². The number of nitrogens with one attached hydrogen (secondary N) is 1. The average molecular weight is 471 g/mol. The summed E-state index contributed by atoms with van der Waals surface area (Å²) in [6, 6.07) is 18.7. The number of benzene rings is 3. The van der Waals surface area contributed by atoms with Gasteiger partial charge in [0.2, 0.25) is 15.9 Å². The van der Waals surface area contributed by atoms with Crippen LogP contribution in [0.2, 0.25) is 0 Å². The van der Waals surface area contributed by atoms with E-state index in [1.165, 1.54) is 12.1 Å². The highest BCUT2D eigenvalue weighted by Crippen LogP contribution is 2.21. The van der Waals surface area contributed by atoms with Crippen molar-refractivity contribution in [3.05, 3.63) is 94.8 Å². The number of carbonyl (C=O) groups is 1. The summed E-state index contributed by atoms with van der Waals surface area (Å²) in [5.41, 5.74) is 4.00. The Bertz CT molecular complexity index is 1190. The number of nitrogens with zero attached hydrogens (tertiary/aromatic N) is 1. The average Bonchev–Trinajstić information content (AvgIpc) is 2.75. The Balaban J connectivity index is 1.56. The molecule has 1 amide bonds. The van der Waals surface area contributed by atoms with Crippen LogP contribution in [0, 0.1) is 19.7 Å². The Morgan fingerprint density at radius 3 is 2.09 bits per heavy atom. The number of ether oxygens (including phenoxy) is 1. The first-order valence-electron chi connectivity index (χ1n) is 10.4. The monoisotopic (exact) mass is 470 g/mol. The van der Waals surface area contributed by atoms with Gasteiger partial charge in [0.15, 0.2) is 0 Å². The van der Waals surface area contributed by atoms with Crippen LogP contribution in [0.25, 0.3) is 0 Å². The molecule has 1 N–H and O–H groups in total. The molecule has 0 aliphatic heterocycles. The highest BCUT2D eigenvalue weighted by atomic mass is 32.2. The van der Waals surface area contributed by atoms with Crippen LogP contribution < -0.4 is 14.4 Å². The maximum Gasteiger partial charge on any atom is 0.241 e. The lowest BCUT2D eigenvalue weighted by atomic mass is 10.1. The fourth-order valence-electron chi connectivity index (χ4n) is 3.33. The minimum Gasteiger partial charge on any atom is -0.489 e. The van der Waals surface area contributed by atoms with Crippen LogP contribution in [0.1, 0.15) is 22.3 Å². The second-order valence-corrected chi connectivity index (χ2v) is 9.86. The third-order valence-corrected chi connectivity index (χ3v) is 6.05. The van der Waals surface area contributed by atoms with Gasteiger partial charge in [-0.15, -0.1) is 0 Å². The zero-order valence-corrected chi connectivity index (χ0v) is 19.7. The van der Waals surface area contributed by atoms with Crippen molar-refractivity contribution >= 4 is 21.6 Å². The number of anilines is 1. The van der Waals surface area contributed by atoms with E-state index in [4.69, 9.17) is 4.74 Å². The van der Waals surface area contributed by atoms with Gasteiger partial charge >= 0.3 is 0 Å². The number of amides is 1. The lowest BCUT2D eigenvalue weighted by Gasteiger charge is -2.23. The molecule has 0 fully saturated rings. The SMILES string of the molecule is Cc1cc(C)cc(N(CC(=O)NCc2ccc(OCc3ccc(F)cc3)cc2)S(C)(=O)=O)c1. The summed E-state index contributed by atoms with van der Waals surface area (Å²) in [5, 5.41) is 2.76. The quantitative estimate of drug-likeness (QED) is 0.511. The molecule has 0 saturated carbocycles. The Hall–Kier alpha value is -3.39. The van der Waals surface area contributed by atoms with Gasteiger partial charge in [-0.1, -0.05) is 30.3 Å². The zero-order valence-electron chi connectivity index (χ0n) is 18.8. The van der Waals surface area contributed by atoms with Crippen LogP contribution in [0.4, 0.5) is 10.1 Å². The van der Waals surface area contributed by atoms with E-state index in [0.29, 0.717) is 18.0 Å². The summed E-state index contributed by atoms with van der Waals surface area (Å²) in [7, 11) is -3.63. The summed E-state index contributed by atoms with van der Waals surface area (Å²) in [5.74, 6) is -0.0532. The lowest BCUT2D eigenvalue weighted by molar-refractivity contribution is -0.119. The third-order valence-electron chi connectivity index (χ3n) is 4.91. The third kappa shape index (κ3) is 7.32. The molecule has 0 aliphatic rings. The van der Waals surface area contributed by atoms with Gasteiger partial charge in [0.05, 0.1) is 11.9 Å². The second-order valence-electron chi connectivity index (χ2n) is 7.95. The number of rotatable bonds is 9. The predicted molar refractivity (Wildman–Crippen MR) is 127 cm³/mol. The van der Waals surface area contributed by atoms with E-state index >= 15 is 0 Å². The number of halogens is 1. The van der Waals surface area contributed by atoms with E-state index in [0.717, 1.165) is 32.8 Å². The van der Waals surface area contributed by atoms with Crippen molar-refractivity contribution in [2.45, 2.75) is 27.0 Å². The summed E-state index contributed by atoms with van der Waals surface area (Å²) >= 11 is 0. The molecule has 3 aromatic rings. The van der Waals surface area contributed by atoms with Gasteiger partial charge in [-0.05, 0) is 72.5 Å². The Kier molecular flexibility index (Phi) is 7.71. The number of aryl methyl sites for hydroxylation is 2. The van der Waals surface area contributed by atoms with E-state index in [2.05, 4.69) is 5.32 Å². The largest absolute Gasteiger partial charge is 0.489 e. The van der Waals surface area contributed by atoms with Crippen LogP contribution in [-0.4, -0.2) is 27.1 Å². The van der Waals surface area contributed by atoms with Crippen molar-refractivity contribution in [3.8, 4) is 5.75 Å². The fourth-order valence-corrected chi connectivity index (χ4v) is 4.17. The summed E-state index contributed by atoms with van der Waals surface area (Å²) in [6.07, 6.45) is 1.09. The molecule has 0 unspecified atom stereocenters. The fraction of sp³-hybridized carbons (Fsp3) is 0.240. The van der Waals surface area contributed by atoms with Crippen LogP contribution in [0.15, 0.2) is 66.7 Å². The summed E-state index contributed by atoms with van der Waals surface area (Å²) < 4.78 is 44.4. The molecule has 0 aliphatic carbocycles. The van der Waals surface area contributed by atoms with Crippen molar-refractivity contribution in [1.29, 1.82) is 0 Å². The second kappa shape index (κ2) is 10.5. The topological polar surface area (TPSA) is 75.7 Å². The maximum atomic E-state index is 13.0. The highest BCUT2D eigenvalue weighted by molar-refractivity contribution is 7.92. The van der Waals surface area contributed by atoms with Crippen LogP contribution >= 0.6 is 0 Å². The van der Waals surface area contributed by atoms with Crippen molar-refractivity contribution in [3.63, 3.8) is 0 Å². The first-order valence-corrected chi connectivity index (χ1v) is 12.2. The van der Waals surface area contributed by atoms with E-state index in [1.807, 2.05) is 32.0 Å². The van der Waals surface area contributed by atoms with Gasteiger partial charge in [-0.25, -0.2) is 12.8 Å². The van der Waals surface area contributed by atoms with Crippen LogP contribution in [0.5, 0.6) is 5.75 Å². The normalized spacial score (nSPS) is 11.2. The number of hydrogen-bond acceptors (Lipinski definition) is 4. The van der Waals surface area contributed by atoms with Gasteiger partial charge < -0.3 is 10.1 Å². The van der Waals surface area contributed by atoms with Gasteiger partial charge in [0.25, 0.3) is 0 Å². The Morgan fingerprint density at radius 1 is 0.939 bits per heavy atom. The Labute approximate surface area is 194 Å². The van der Waals surface area contributed by atoms with Gasteiger partial charge in [-0.3, -0.25) is 9.10 Å². The molecule has 0 radical (unpaired) electrons. The Morgan fingerprint density at radius 2 is 1.52 bits per heavy atom. The molecule has 3 rings (SSSR count). The van der Waals surface area contributed by atoms with E-state index in [1.54, 1.807) is 36.4 Å². The smallest absolute Gasteiger partial charge is 0.241 e. The molecule has 0 aromatic heterocycles. The van der Waals surface area contributed by atoms with Crippen molar-refractivity contribution in [1.82, 2.24) is 5.32 Å². The first kappa shape index (κ1) is 24.3. The predicted octanol–water partition coefficient (Wildman–Crippen LogP) is 4.10. The standard InChI is InChI=1S/C25H27FN2O4S/c1-18-12-19(2)14-23(13-18)28(33(3,30)31)16-25(29)27-15-20-6-10-24(11-7-20)32-17-21-4-8-22(26)9-5-21/h4-14H,15-17H2,1-3H3,(H,27,29). The molecular formula is C25H27FN2O4S. The summed E-state index contributed by atoms with van der Waals surface area (Å²) in [6.45, 7) is 4.02. The van der Waals surface area contributed by atoms with Crippen molar-refractivity contribution in [2.24, 2.45) is 0 Å². The molecule has 0 bridgehead atoms. The molecule has 174 valence electrons. The number of carbonyl (C=O) groups excluding carboxylic acids is 1. The molecule has 0 atom stereocenters. The molecule has 0 saturated heterocycles. The van der Waals surface area contributed by atoms with E-state index in [9.17, 15) is 17.6 Å². The number of sulfonamides is 1. The molecule has 0 heterocycles. The molecule has 3 aromatic carbocycles. The van der Waals surface area contributed by atoms with Crippen molar-refractivity contribution in [2.75, 3.05) is 17.1 Å². The molecule has 6 nitrogen and oxygen atoms in total. The lowest BCUT2D eigenvalue weighted by Crippen LogP contribution is -2.40. The molecule has 8 heteroatoms. The molecular weight excluding hydrogens is 443 g/mol. The first-order chi connectivity index (χ1) is 15.6. The van der Waals surface area contributed by atoms with Gasteiger partial charge in [0.1, 0.15) is 24.7 Å².